The molecule has 0 unspecified atom stereocenters. The molecule has 9 nitrogen and oxygen atoms in total. The number of anilines is 1. The summed E-state index contributed by atoms with van der Waals surface area (Å²) < 4.78 is 0. The van der Waals surface area contributed by atoms with Crippen molar-refractivity contribution < 1.29 is 0 Å². The number of nitrogens with one attached hydrogen (secondary N) is 2. The van der Waals surface area contributed by atoms with Crippen LogP contribution in [-0.2, 0) is 0 Å². The van der Waals surface area contributed by atoms with Crippen molar-refractivity contribution in [3.63, 3.8) is 0 Å². The Morgan fingerprint density at radius 1 is 1.00 bits per heavy atom. The number of aromatic nitrogens is 7. The van der Waals surface area contributed by atoms with Gasteiger partial charge in [0.05, 0.1) is 23.8 Å². The largest absolute Gasteiger partial charge is 0.352 e. The van der Waals surface area contributed by atoms with Crippen molar-refractivity contribution in [1.82, 2.24) is 35.1 Å². The van der Waals surface area contributed by atoms with E-state index in [2.05, 4.69) is 64.0 Å². The van der Waals surface area contributed by atoms with E-state index >= 15 is 0 Å². The van der Waals surface area contributed by atoms with E-state index in [1.807, 2.05) is 12.3 Å². The Balaban J connectivity index is 1.31. The van der Waals surface area contributed by atoms with Crippen LogP contribution >= 0.6 is 11.3 Å². The van der Waals surface area contributed by atoms with Gasteiger partial charge in [0, 0.05) is 47.9 Å². The molecule has 10 heteroatoms. The van der Waals surface area contributed by atoms with Crippen LogP contribution in [0, 0.1) is 0 Å². The van der Waals surface area contributed by atoms with Crippen LogP contribution in [0.3, 0.4) is 0 Å². The Morgan fingerprint density at radius 2 is 1.94 bits per heavy atom. The van der Waals surface area contributed by atoms with Gasteiger partial charge in [0.15, 0.2) is 5.65 Å². The van der Waals surface area contributed by atoms with Gasteiger partial charge in [0.1, 0.15) is 17.2 Å². The first kappa shape index (κ1) is 19.3. The summed E-state index contributed by atoms with van der Waals surface area (Å²) in [6.45, 7) is 1.59. The van der Waals surface area contributed by atoms with Gasteiger partial charge in [0.2, 0.25) is 0 Å². The number of pyridine rings is 2. The maximum Gasteiger partial charge on any atom is 0.155 e. The summed E-state index contributed by atoms with van der Waals surface area (Å²) in [4.78, 5) is 23.9. The predicted molar refractivity (Wildman–Crippen MR) is 134 cm³/mol. The van der Waals surface area contributed by atoms with Crippen molar-refractivity contribution >= 4 is 39.2 Å². The van der Waals surface area contributed by atoms with Gasteiger partial charge in [-0.25, -0.2) is 15.0 Å². The summed E-state index contributed by atoms with van der Waals surface area (Å²) >= 11 is 1.68. The maximum absolute atomic E-state index is 5.93. The molecule has 0 radical (unpaired) electrons. The number of hydrogen-bond donors (Lipinski definition) is 3. The van der Waals surface area contributed by atoms with Crippen molar-refractivity contribution in [3.8, 4) is 33.8 Å². The molecule has 0 spiro atoms. The number of nitrogens with zero attached hydrogens (tertiary/aromatic N) is 6. The minimum absolute atomic E-state index is 0.197. The Hall–Kier alpha value is -4.15. The van der Waals surface area contributed by atoms with Crippen molar-refractivity contribution in [2.24, 2.45) is 5.73 Å². The summed E-state index contributed by atoms with van der Waals surface area (Å²) in [5.41, 5.74) is 13.1. The summed E-state index contributed by atoms with van der Waals surface area (Å²) in [5.74, 6) is 0.828. The predicted octanol–water partition coefficient (Wildman–Crippen LogP) is 3.83. The first-order valence-electron chi connectivity index (χ1n) is 10.9. The molecule has 1 aliphatic rings. The highest BCUT2D eigenvalue weighted by Crippen LogP contribution is 2.34. The number of thiophene rings is 1. The molecule has 0 bridgehead atoms. The second-order valence-corrected chi connectivity index (χ2v) is 9.22. The monoisotopic (exact) mass is 465 g/mol. The molecule has 7 heterocycles. The average molecular weight is 466 g/mol. The molecule has 166 valence electrons. The lowest BCUT2D eigenvalue weighted by molar-refractivity contribution is 0.514. The van der Waals surface area contributed by atoms with Gasteiger partial charge in [-0.2, -0.15) is 16.4 Å². The lowest BCUT2D eigenvalue weighted by atomic mass is 10.1. The van der Waals surface area contributed by atoms with Crippen molar-refractivity contribution in [2.45, 2.75) is 6.04 Å². The van der Waals surface area contributed by atoms with Gasteiger partial charge < -0.3 is 15.6 Å². The molecule has 34 heavy (non-hydrogen) atoms. The van der Waals surface area contributed by atoms with Crippen LogP contribution in [-0.4, -0.2) is 54.2 Å². The minimum atomic E-state index is 0.197. The fourth-order valence-electron chi connectivity index (χ4n) is 4.42. The van der Waals surface area contributed by atoms with E-state index in [0.29, 0.717) is 5.65 Å². The summed E-state index contributed by atoms with van der Waals surface area (Å²) in [6, 6.07) is 8.51. The molecule has 1 aliphatic heterocycles. The van der Waals surface area contributed by atoms with E-state index in [-0.39, 0.29) is 6.04 Å². The van der Waals surface area contributed by atoms with Crippen LogP contribution in [0.15, 0.2) is 59.8 Å². The Labute approximate surface area is 197 Å². The molecule has 6 aromatic rings. The van der Waals surface area contributed by atoms with Crippen LogP contribution in [0.5, 0.6) is 0 Å². The van der Waals surface area contributed by atoms with Crippen molar-refractivity contribution in [1.29, 1.82) is 0 Å². The topological polar surface area (TPSA) is 125 Å². The van der Waals surface area contributed by atoms with E-state index < -0.39 is 0 Å². The highest BCUT2D eigenvalue weighted by Gasteiger charge is 2.25. The van der Waals surface area contributed by atoms with Crippen LogP contribution in [0.25, 0.3) is 55.8 Å². The van der Waals surface area contributed by atoms with E-state index in [0.717, 1.165) is 63.5 Å². The fraction of sp³-hybridized carbons (Fsp3) is 0.125. The van der Waals surface area contributed by atoms with Crippen molar-refractivity contribution in [2.75, 3.05) is 18.0 Å². The number of aromatic amines is 2. The number of rotatable bonds is 4. The first-order chi connectivity index (χ1) is 16.7. The molecule has 1 fully saturated rings. The molecular formula is C24H19N9S. The third kappa shape index (κ3) is 3.07. The normalized spacial score (nSPS) is 14.2. The molecule has 1 saturated heterocycles. The quantitative estimate of drug-likeness (QED) is 0.361. The van der Waals surface area contributed by atoms with E-state index in [1.54, 1.807) is 29.9 Å². The summed E-state index contributed by atoms with van der Waals surface area (Å²) in [6.07, 6.45) is 7.15. The number of fused-ring (bicyclic) bond motifs is 2. The lowest BCUT2D eigenvalue weighted by Gasteiger charge is -2.37. The van der Waals surface area contributed by atoms with Crippen LogP contribution < -0.4 is 10.6 Å². The second-order valence-electron chi connectivity index (χ2n) is 8.44. The highest BCUT2D eigenvalue weighted by atomic mass is 32.1. The maximum atomic E-state index is 5.93. The Kier molecular flexibility index (Phi) is 4.23. The SMILES string of the molecule is NC1CN(c2cncc(-c3cnc4[nH]nc(-c5cc6c(-c7ccsc7)ccnc6[nH]5)c4c3)n2)C1. The molecule has 0 saturated carbocycles. The van der Waals surface area contributed by atoms with Crippen molar-refractivity contribution in [3.05, 3.63) is 59.8 Å². The average Bonchev–Trinajstić information content (AvgIpc) is 3.60. The smallest absolute Gasteiger partial charge is 0.155 e. The minimum Gasteiger partial charge on any atom is -0.352 e. The number of hydrogen-bond acceptors (Lipinski definition) is 8. The van der Waals surface area contributed by atoms with Crippen LogP contribution in [0.1, 0.15) is 0 Å². The second kappa shape index (κ2) is 7.44. The van der Waals surface area contributed by atoms with Gasteiger partial charge in [-0.05, 0) is 46.2 Å². The van der Waals surface area contributed by atoms with E-state index in [4.69, 9.17) is 10.7 Å². The number of nitrogens with two attached hydrogens (primary N) is 1. The van der Waals surface area contributed by atoms with Gasteiger partial charge in [-0.3, -0.25) is 10.1 Å². The molecular weight excluding hydrogens is 446 g/mol. The Morgan fingerprint density at radius 3 is 2.79 bits per heavy atom. The lowest BCUT2D eigenvalue weighted by Crippen LogP contribution is -2.56. The molecule has 0 aliphatic carbocycles. The first-order valence-corrected chi connectivity index (χ1v) is 11.8. The molecule has 7 rings (SSSR count). The fourth-order valence-corrected chi connectivity index (χ4v) is 5.08. The molecule has 6 aromatic heterocycles. The molecule has 0 atom stereocenters. The zero-order valence-electron chi connectivity index (χ0n) is 17.9. The van der Waals surface area contributed by atoms with Gasteiger partial charge in [-0.15, -0.1) is 0 Å². The number of H-pyrrole nitrogens is 2. The zero-order valence-corrected chi connectivity index (χ0v) is 18.8. The standard InChI is InChI=1S/C24H19N9S/c25-15-10-33(11-15)21-9-26-8-20(29-21)14-5-18-22(31-32-24(18)28-7-14)19-6-17-16(13-2-4-34-12-13)1-3-27-23(17)30-19/h1-9,12,15H,10-11,25H2,(H,27,30)(H,28,31,32). The Bertz CT molecular complexity index is 1640. The van der Waals surface area contributed by atoms with E-state index in [9.17, 15) is 0 Å². The highest BCUT2D eigenvalue weighted by molar-refractivity contribution is 7.08. The third-order valence-electron chi connectivity index (χ3n) is 6.19. The summed E-state index contributed by atoms with van der Waals surface area (Å²) in [7, 11) is 0. The zero-order chi connectivity index (χ0) is 22.6. The van der Waals surface area contributed by atoms with Gasteiger partial charge in [-0.1, -0.05) is 0 Å². The van der Waals surface area contributed by atoms with Crippen LogP contribution in [0.4, 0.5) is 5.82 Å². The molecule has 0 amide bonds. The molecule has 4 N–H and O–H groups in total. The van der Waals surface area contributed by atoms with Crippen LogP contribution in [0.2, 0.25) is 0 Å². The van der Waals surface area contributed by atoms with Gasteiger partial charge in [0.25, 0.3) is 0 Å². The molecule has 0 aromatic carbocycles. The van der Waals surface area contributed by atoms with Gasteiger partial charge >= 0.3 is 0 Å². The summed E-state index contributed by atoms with van der Waals surface area (Å²) in [5, 5.41) is 13.8. The third-order valence-corrected chi connectivity index (χ3v) is 6.87. The van der Waals surface area contributed by atoms with E-state index in [1.165, 1.54) is 5.56 Å².